The summed E-state index contributed by atoms with van der Waals surface area (Å²) in [6.07, 6.45) is 0. The van der Waals surface area contributed by atoms with Gasteiger partial charge in [-0.25, -0.2) is 6.54 Å². The summed E-state index contributed by atoms with van der Waals surface area (Å²) < 4.78 is 15.8. The van der Waals surface area contributed by atoms with Crippen molar-refractivity contribution in [1.29, 1.82) is 0 Å². The normalized spacial score (nSPS) is 5.57. The summed E-state index contributed by atoms with van der Waals surface area (Å²) in [5.74, 6) is 0. The van der Waals surface area contributed by atoms with Crippen LogP contribution in [0.2, 0.25) is 0 Å². The van der Waals surface area contributed by atoms with Gasteiger partial charge in [-0.3, -0.25) is 0 Å². The fraction of sp³-hybridized carbons (Fsp3) is 0.500. The van der Waals surface area contributed by atoms with Gasteiger partial charge in [0.2, 0.25) is 0 Å². The molecule has 0 aromatic carbocycles. The molecule has 0 heterocycles. The Morgan fingerprint density at radius 1 is 1.86 bits per heavy atom. The maximum atomic E-state index is 8.61. The molecule has 0 radical (unpaired) electrons. The number of hydrogen-bond donors (Lipinski definition) is 3. The average Bonchev–Trinajstić information content (AvgIpc) is 1.69. The molecule has 0 unspecified atom stereocenters. The van der Waals surface area contributed by atoms with E-state index < -0.39 is 19.5 Å². The third kappa shape index (κ3) is 63.5. The maximum absolute atomic E-state index is 8.61. The first-order valence-electron chi connectivity index (χ1n) is 1.49. The van der Waals surface area contributed by atoms with Crippen LogP contribution in [0.1, 0.15) is 0 Å². The minimum atomic E-state index is -1.75. The molecule has 43 valence electrons. The summed E-state index contributed by atoms with van der Waals surface area (Å²) in [5.41, 5.74) is 4.65. The van der Waals surface area contributed by atoms with Crippen LogP contribution in [0, 0.1) is 6.54 Å². The number of nitrogens with two attached hydrogens (primary N) is 1. The average molecular weight is 141 g/mol. The Bertz CT molecular complexity index is 32.1. The van der Waals surface area contributed by atoms with E-state index in [1.807, 2.05) is 0 Å². The second-order valence-corrected chi connectivity index (χ2v) is 0.795. The van der Waals surface area contributed by atoms with E-state index in [2.05, 4.69) is 5.73 Å². The summed E-state index contributed by atoms with van der Waals surface area (Å²) in [6.45, 7) is 1.15. The van der Waals surface area contributed by atoms with Crippen molar-refractivity contribution < 1.29 is 31.6 Å². The number of aliphatic hydroxyl groups is 1. The van der Waals surface area contributed by atoms with Crippen molar-refractivity contribution in [3.8, 4) is 0 Å². The van der Waals surface area contributed by atoms with Gasteiger partial charge in [-0.15, -0.1) is 0 Å². The molecule has 0 atom stereocenters. The van der Waals surface area contributed by atoms with Crippen LogP contribution in [0.25, 0.3) is 0 Å². The Morgan fingerprint density at radius 2 is 2.00 bits per heavy atom. The second-order valence-electron chi connectivity index (χ2n) is 0.510. The number of hydrogen-bond acceptors (Lipinski definition) is 3. The molecule has 4 nitrogen and oxygen atoms in total. The van der Waals surface area contributed by atoms with E-state index in [1.54, 1.807) is 0 Å². The Hall–Kier alpha value is 0.394. The summed E-state index contributed by atoms with van der Waals surface area (Å²) >= 11 is -1.75. The molecular formula is C2H7NO3Ti-. The van der Waals surface area contributed by atoms with Crippen molar-refractivity contribution in [3.05, 3.63) is 6.54 Å². The monoisotopic (exact) mass is 141 g/mol. The fourth-order valence-corrected chi connectivity index (χ4v) is 0. The first-order chi connectivity index (χ1) is 3.33. The molecule has 0 rings (SSSR count). The first kappa shape index (κ1) is 10.4. The molecular weight excluding hydrogens is 134 g/mol. The van der Waals surface area contributed by atoms with Crippen molar-refractivity contribution >= 4 is 0 Å². The standard InChI is InChI=1S/C2H6NO.H2O.O.Ti/c3-1-2-4;;;/h1,4H,2-3H2;1H2;;/q-1;;;+1/p-1. The van der Waals surface area contributed by atoms with Crippen LogP contribution in [0.3, 0.4) is 0 Å². The molecule has 4 N–H and O–H groups in total. The predicted octanol–water partition coefficient (Wildman–Crippen LogP) is -1.58. The SMILES string of the molecule is N[CH-]CO.[O]=[Ti][OH]. The molecule has 0 spiro atoms. The third-order valence-electron chi connectivity index (χ3n) is 0.105. The molecule has 0 amide bonds. The van der Waals surface area contributed by atoms with E-state index in [9.17, 15) is 0 Å². The molecule has 0 aromatic heterocycles. The zero-order valence-corrected chi connectivity index (χ0v) is 5.23. The summed E-state index contributed by atoms with van der Waals surface area (Å²) in [6, 6.07) is 0. The summed E-state index contributed by atoms with van der Waals surface area (Å²) in [5, 5.41) is 7.69. The topological polar surface area (TPSA) is 83.5 Å². The molecule has 0 aliphatic heterocycles. The second kappa shape index (κ2) is 16.1. The van der Waals surface area contributed by atoms with Crippen molar-refractivity contribution in [2.24, 2.45) is 5.73 Å². The minimum absolute atomic E-state index is 0.0278. The Morgan fingerprint density at radius 3 is 2.00 bits per heavy atom. The van der Waals surface area contributed by atoms with Gasteiger partial charge in [-0.1, -0.05) is 6.61 Å². The Balaban J connectivity index is 0. The molecule has 0 aliphatic carbocycles. The Labute approximate surface area is 51.1 Å². The van der Waals surface area contributed by atoms with E-state index in [1.165, 1.54) is 6.54 Å². The van der Waals surface area contributed by atoms with Crippen molar-refractivity contribution in [3.63, 3.8) is 0 Å². The predicted molar refractivity (Wildman–Crippen MR) is 18.5 cm³/mol. The number of aliphatic hydroxyl groups excluding tert-OH is 1. The van der Waals surface area contributed by atoms with Crippen LogP contribution in [0.5, 0.6) is 0 Å². The van der Waals surface area contributed by atoms with Crippen molar-refractivity contribution in [2.45, 2.75) is 0 Å². The molecule has 0 bridgehead atoms. The van der Waals surface area contributed by atoms with Gasteiger partial charge in [-0.05, 0) is 0 Å². The zero-order valence-electron chi connectivity index (χ0n) is 3.66. The molecule has 0 fully saturated rings. The van der Waals surface area contributed by atoms with Gasteiger partial charge >= 0.3 is 26.5 Å². The van der Waals surface area contributed by atoms with Crippen molar-refractivity contribution in [2.75, 3.05) is 6.61 Å². The Kier molecular flexibility index (Phi) is 24.0. The molecule has 0 aromatic rings. The van der Waals surface area contributed by atoms with Gasteiger partial charge in [0, 0.05) is 0 Å². The van der Waals surface area contributed by atoms with E-state index in [0.717, 1.165) is 0 Å². The van der Waals surface area contributed by atoms with Crippen LogP contribution >= 0.6 is 0 Å². The van der Waals surface area contributed by atoms with Crippen LogP contribution in [-0.4, -0.2) is 15.4 Å². The summed E-state index contributed by atoms with van der Waals surface area (Å²) in [4.78, 5) is 0. The quantitative estimate of drug-likeness (QED) is 0.304. The van der Waals surface area contributed by atoms with E-state index in [-0.39, 0.29) is 6.61 Å². The van der Waals surface area contributed by atoms with Gasteiger partial charge in [0.1, 0.15) is 0 Å². The fourth-order valence-electron chi connectivity index (χ4n) is 0. The third-order valence-corrected chi connectivity index (χ3v) is 0.105. The molecule has 0 saturated heterocycles. The van der Waals surface area contributed by atoms with Crippen LogP contribution in [0.15, 0.2) is 0 Å². The van der Waals surface area contributed by atoms with E-state index in [4.69, 9.17) is 12.1 Å². The van der Waals surface area contributed by atoms with Gasteiger partial charge in [0.25, 0.3) is 0 Å². The zero-order chi connectivity index (χ0) is 6.12. The molecule has 7 heavy (non-hydrogen) atoms. The van der Waals surface area contributed by atoms with E-state index >= 15 is 0 Å². The van der Waals surface area contributed by atoms with E-state index in [0.29, 0.717) is 0 Å². The molecule has 5 heteroatoms. The molecule has 0 saturated carbocycles. The van der Waals surface area contributed by atoms with Gasteiger partial charge in [0.05, 0.1) is 0 Å². The van der Waals surface area contributed by atoms with Crippen molar-refractivity contribution in [1.82, 2.24) is 0 Å². The molecule has 0 aliphatic rings. The van der Waals surface area contributed by atoms with Crippen LogP contribution < -0.4 is 5.73 Å². The van der Waals surface area contributed by atoms with Crippen LogP contribution in [0.4, 0.5) is 0 Å². The number of rotatable bonds is 1. The van der Waals surface area contributed by atoms with Gasteiger partial charge < -0.3 is 10.8 Å². The summed E-state index contributed by atoms with van der Waals surface area (Å²) in [7, 11) is 0. The van der Waals surface area contributed by atoms with Gasteiger partial charge in [-0.2, -0.15) is 0 Å². The van der Waals surface area contributed by atoms with Crippen LogP contribution in [-0.2, 0) is 22.8 Å². The first-order valence-corrected chi connectivity index (χ1v) is 2.82. The van der Waals surface area contributed by atoms with Gasteiger partial charge in [0.15, 0.2) is 0 Å².